The van der Waals surface area contributed by atoms with E-state index in [0.29, 0.717) is 4.47 Å². The molecule has 1 aromatic rings. The number of halogens is 4. The molecule has 0 radical (unpaired) electrons. The van der Waals surface area contributed by atoms with Crippen molar-refractivity contribution in [3.8, 4) is 0 Å². The smallest absolute Gasteiger partial charge is 0.338 e. The molecule has 1 aliphatic heterocycles. The van der Waals surface area contributed by atoms with Crippen LogP contribution in [0.25, 0.3) is 0 Å². The number of likely N-dealkylation sites (tertiary alicyclic amines) is 1. The van der Waals surface area contributed by atoms with E-state index in [4.69, 9.17) is 5.84 Å². The fraction of sp³-hybridized carbons (Fsp3) is 0.500. The Morgan fingerprint density at radius 2 is 2.05 bits per heavy atom. The van der Waals surface area contributed by atoms with Gasteiger partial charge in [-0.2, -0.15) is 13.2 Å². The first-order valence-electron chi connectivity index (χ1n) is 6.31. The van der Waals surface area contributed by atoms with Gasteiger partial charge in [-0.3, -0.25) is 4.79 Å². The third kappa shape index (κ3) is 3.65. The number of alkyl halides is 3. The first-order valence-corrected chi connectivity index (χ1v) is 7.10. The molecular weight excluding hydrogens is 353 g/mol. The summed E-state index contributed by atoms with van der Waals surface area (Å²) >= 11 is 3.20. The fourth-order valence-corrected chi connectivity index (χ4v) is 2.63. The van der Waals surface area contributed by atoms with Gasteiger partial charge in [-0.15, -0.1) is 0 Å². The number of piperidine rings is 1. The summed E-state index contributed by atoms with van der Waals surface area (Å²) in [6.07, 6.45) is -2.89. The second kappa shape index (κ2) is 6.18. The third-order valence-corrected chi connectivity index (χ3v) is 3.90. The number of aromatic nitrogens is 1. The molecule has 1 saturated heterocycles. The largest absolute Gasteiger partial charge is 0.391 e. The molecular formula is C12H14BrF3N4O. The predicted molar refractivity (Wildman–Crippen MR) is 74.4 cm³/mol. The number of hydrazine groups is 1. The topological polar surface area (TPSA) is 71.2 Å². The molecule has 9 heteroatoms. The quantitative estimate of drug-likeness (QED) is 0.623. The lowest BCUT2D eigenvalue weighted by atomic mass is 9.96. The van der Waals surface area contributed by atoms with E-state index in [2.05, 4.69) is 26.3 Å². The molecule has 5 nitrogen and oxygen atoms in total. The van der Waals surface area contributed by atoms with Crippen molar-refractivity contribution in [2.45, 2.75) is 19.0 Å². The van der Waals surface area contributed by atoms with Gasteiger partial charge in [0.15, 0.2) is 5.82 Å². The number of carbonyl (C=O) groups excluding carboxylic acids is 1. The first-order chi connectivity index (χ1) is 9.82. The Morgan fingerprint density at radius 1 is 1.43 bits per heavy atom. The lowest BCUT2D eigenvalue weighted by Crippen LogP contribution is -2.42. The highest BCUT2D eigenvalue weighted by Gasteiger charge is 2.41. The Labute approximate surface area is 127 Å². The lowest BCUT2D eigenvalue weighted by Gasteiger charge is -2.33. The van der Waals surface area contributed by atoms with Crippen LogP contribution in [0.1, 0.15) is 23.2 Å². The Morgan fingerprint density at radius 3 is 2.57 bits per heavy atom. The highest BCUT2D eigenvalue weighted by atomic mass is 79.9. The number of hydrogen-bond donors (Lipinski definition) is 2. The molecule has 1 amide bonds. The van der Waals surface area contributed by atoms with Gasteiger partial charge >= 0.3 is 6.18 Å². The number of nitrogens with one attached hydrogen (secondary N) is 1. The van der Waals surface area contributed by atoms with E-state index >= 15 is 0 Å². The second-order valence-electron chi connectivity index (χ2n) is 4.80. The summed E-state index contributed by atoms with van der Waals surface area (Å²) in [6, 6.07) is 1.54. The van der Waals surface area contributed by atoms with Crippen molar-refractivity contribution >= 4 is 27.7 Å². The molecule has 1 fully saturated rings. The van der Waals surface area contributed by atoms with Crippen LogP contribution in [0.4, 0.5) is 19.0 Å². The van der Waals surface area contributed by atoms with Gasteiger partial charge in [0.2, 0.25) is 0 Å². The van der Waals surface area contributed by atoms with Crippen molar-refractivity contribution < 1.29 is 18.0 Å². The Kier molecular flexibility index (Phi) is 4.72. The molecule has 21 heavy (non-hydrogen) atoms. The normalized spacial score (nSPS) is 16.9. The molecule has 116 valence electrons. The molecule has 3 N–H and O–H groups in total. The molecule has 0 spiro atoms. The van der Waals surface area contributed by atoms with Crippen LogP contribution in [-0.4, -0.2) is 35.1 Å². The maximum atomic E-state index is 12.6. The molecule has 0 unspecified atom stereocenters. The zero-order valence-electron chi connectivity index (χ0n) is 11.0. The van der Waals surface area contributed by atoms with E-state index in [9.17, 15) is 18.0 Å². The number of nitrogens with two attached hydrogens (primary N) is 1. The summed E-state index contributed by atoms with van der Waals surface area (Å²) < 4.78 is 38.4. The lowest BCUT2D eigenvalue weighted by molar-refractivity contribution is -0.183. The van der Waals surface area contributed by atoms with Crippen LogP contribution in [0, 0.1) is 5.92 Å². The van der Waals surface area contributed by atoms with Crippen molar-refractivity contribution in [1.29, 1.82) is 0 Å². The van der Waals surface area contributed by atoms with E-state index in [1.165, 1.54) is 11.1 Å². The van der Waals surface area contributed by atoms with Gasteiger partial charge in [-0.05, 0) is 34.8 Å². The number of hydrogen-bond acceptors (Lipinski definition) is 4. The van der Waals surface area contributed by atoms with Crippen LogP contribution < -0.4 is 11.3 Å². The monoisotopic (exact) mass is 366 g/mol. The minimum Gasteiger partial charge on any atom is -0.338 e. The average molecular weight is 367 g/mol. The van der Waals surface area contributed by atoms with E-state index in [1.807, 2.05) is 0 Å². The minimum atomic E-state index is -4.20. The van der Waals surface area contributed by atoms with Gasteiger partial charge in [0.25, 0.3) is 5.91 Å². The maximum Gasteiger partial charge on any atom is 0.391 e. The summed E-state index contributed by atoms with van der Waals surface area (Å²) in [5.74, 6) is 3.78. The molecule has 1 aliphatic rings. The fourth-order valence-electron chi connectivity index (χ4n) is 2.30. The summed E-state index contributed by atoms with van der Waals surface area (Å²) in [6.45, 7) is 0.138. The van der Waals surface area contributed by atoms with Gasteiger partial charge < -0.3 is 10.3 Å². The van der Waals surface area contributed by atoms with E-state index in [0.717, 1.165) is 0 Å². The van der Waals surface area contributed by atoms with E-state index in [-0.39, 0.29) is 43.2 Å². The number of nitrogens with zero attached hydrogens (tertiary/aromatic N) is 2. The van der Waals surface area contributed by atoms with E-state index in [1.54, 1.807) is 6.07 Å². The van der Waals surface area contributed by atoms with E-state index < -0.39 is 12.1 Å². The SMILES string of the molecule is NNc1ncc(Br)cc1C(=O)N1CCC(C(F)(F)F)CC1. The Bertz CT molecular complexity index is 530. The van der Waals surface area contributed by atoms with Crippen LogP contribution in [0.3, 0.4) is 0 Å². The number of amides is 1. The van der Waals surface area contributed by atoms with Gasteiger partial charge in [-0.1, -0.05) is 0 Å². The number of pyridine rings is 1. The molecule has 2 rings (SSSR count). The minimum absolute atomic E-state index is 0.0690. The molecule has 0 aliphatic carbocycles. The molecule has 0 atom stereocenters. The van der Waals surface area contributed by atoms with Crippen molar-refractivity contribution in [1.82, 2.24) is 9.88 Å². The van der Waals surface area contributed by atoms with Crippen LogP contribution in [-0.2, 0) is 0 Å². The van der Waals surface area contributed by atoms with Crippen LogP contribution in [0.2, 0.25) is 0 Å². The standard InChI is InChI=1S/C12H14BrF3N4O/c13-8-5-9(10(19-17)18-6-8)11(21)20-3-1-7(2-4-20)12(14,15)16/h5-7H,1-4,17H2,(H,18,19). The Hall–Kier alpha value is -1.35. The van der Waals surface area contributed by atoms with Crippen molar-refractivity contribution in [2.75, 3.05) is 18.5 Å². The number of rotatable bonds is 2. The van der Waals surface area contributed by atoms with Crippen molar-refractivity contribution in [3.63, 3.8) is 0 Å². The van der Waals surface area contributed by atoms with Crippen LogP contribution in [0.15, 0.2) is 16.7 Å². The summed E-state index contributed by atoms with van der Waals surface area (Å²) in [5.41, 5.74) is 2.55. The molecule has 1 aromatic heterocycles. The van der Waals surface area contributed by atoms with Crippen molar-refractivity contribution in [2.24, 2.45) is 11.8 Å². The van der Waals surface area contributed by atoms with Crippen LogP contribution in [0.5, 0.6) is 0 Å². The summed E-state index contributed by atoms with van der Waals surface area (Å²) in [7, 11) is 0. The van der Waals surface area contributed by atoms with Gasteiger partial charge in [0, 0.05) is 23.8 Å². The third-order valence-electron chi connectivity index (χ3n) is 3.47. The average Bonchev–Trinajstić information content (AvgIpc) is 2.45. The molecule has 0 bridgehead atoms. The number of carbonyl (C=O) groups is 1. The van der Waals surface area contributed by atoms with Crippen LogP contribution >= 0.6 is 15.9 Å². The highest BCUT2D eigenvalue weighted by Crippen LogP contribution is 2.34. The predicted octanol–water partition coefficient (Wildman–Crippen LogP) is 2.54. The molecule has 2 heterocycles. The highest BCUT2D eigenvalue weighted by molar-refractivity contribution is 9.10. The molecule has 0 aromatic carbocycles. The second-order valence-corrected chi connectivity index (χ2v) is 5.72. The Balaban J connectivity index is 2.11. The zero-order valence-corrected chi connectivity index (χ0v) is 12.5. The first kappa shape index (κ1) is 16.0. The zero-order chi connectivity index (χ0) is 15.6. The van der Waals surface area contributed by atoms with Gasteiger partial charge in [0.05, 0.1) is 11.5 Å². The maximum absolute atomic E-state index is 12.6. The van der Waals surface area contributed by atoms with Gasteiger partial charge in [-0.25, -0.2) is 10.8 Å². The summed E-state index contributed by atoms with van der Waals surface area (Å²) in [5, 5.41) is 0. The molecule has 0 saturated carbocycles. The van der Waals surface area contributed by atoms with Gasteiger partial charge in [0.1, 0.15) is 0 Å². The number of nitrogen functional groups attached to an aromatic ring is 1. The summed E-state index contributed by atoms with van der Waals surface area (Å²) in [4.78, 5) is 17.7. The number of anilines is 1. The van der Waals surface area contributed by atoms with Crippen molar-refractivity contribution in [3.05, 3.63) is 22.3 Å².